The second-order valence-corrected chi connectivity index (χ2v) is 3.94. The number of amidine groups is 1. The van der Waals surface area contributed by atoms with Gasteiger partial charge in [-0.25, -0.2) is 0 Å². The number of nitrogens with zero attached hydrogens (tertiary/aromatic N) is 2. The molecule has 0 aromatic heterocycles. The zero-order valence-electron chi connectivity index (χ0n) is 9.21. The monoisotopic (exact) mass is 182 g/mol. The Kier molecular flexibility index (Phi) is 4.26. The first-order valence-electron chi connectivity index (χ1n) is 5.51. The SMILES string of the molecule is CCC(C)C(=NC)N1CCCCC1. The summed E-state index contributed by atoms with van der Waals surface area (Å²) >= 11 is 0. The first-order valence-corrected chi connectivity index (χ1v) is 5.51. The zero-order chi connectivity index (χ0) is 9.68. The van der Waals surface area contributed by atoms with E-state index in [9.17, 15) is 0 Å². The fourth-order valence-corrected chi connectivity index (χ4v) is 1.98. The fraction of sp³-hybridized carbons (Fsp3) is 0.909. The maximum atomic E-state index is 4.43. The van der Waals surface area contributed by atoms with E-state index in [1.165, 1.54) is 44.6 Å². The van der Waals surface area contributed by atoms with E-state index in [-0.39, 0.29) is 0 Å². The lowest BCUT2D eigenvalue weighted by molar-refractivity contribution is 0.326. The highest BCUT2D eigenvalue weighted by atomic mass is 15.2. The molecule has 0 aliphatic carbocycles. The second-order valence-electron chi connectivity index (χ2n) is 3.94. The van der Waals surface area contributed by atoms with Crippen LogP contribution in [-0.2, 0) is 0 Å². The fourth-order valence-electron chi connectivity index (χ4n) is 1.98. The van der Waals surface area contributed by atoms with Crippen LogP contribution >= 0.6 is 0 Å². The summed E-state index contributed by atoms with van der Waals surface area (Å²) in [5.41, 5.74) is 0. The number of likely N-dealkylation sites (tertiary alicyclic amines) is 1. The van der Waals surface area contributed by atoms with Crippen LogP contribution < -0.4 is 0 Å². The highest BCUT2D eigenvalue weighted by Gasteiger charge is 2.17. The van der Waals surface area contributed by atoms with Crippen molar-refractivity contribution in [2.45, 2.75) is 39.5 Å². The average molecular weight is 182 g/mol. The Hall–Kier alpha value is -0.530. The van der Waals surface area contributed by atoms with Gasteiger partial charge in [-0.2, -0.15) is 0 Å². The third-order valence-corrected chi connectivity index (χ3v) is 2.96. The third-order valence-electron chi connectivity index (χ3n) is 2.96. The molecular weight excluding hydrogens is 160 g/mol. The maximum absolute atomic E-state index is 4.43. The van der Waals surface area contributed by atoms with Gasteiger partial charge in [0.1, 0.15) is 5.84 Å². The van der Waals surface area contributed by atoms with Crippen LogP contribution in [0.4, 0.5) is 0 Å². The highest BCUT2D eigenvalue weighted by Crippen LogP contribution is 2.15. The summed E-state index contributed by atoms with van der Waals surface area (Å²) in [7, 11) is 1.93. The Balaban J connectivity index is 2.54. The van der Waals surface area contributed by atoms with Crippen molar-refractivity contribution >= 4 is 5.84 Å². The highest BCUT2D eigenvalue weighted by molar-refractivity contribution is 5.84. The molecule has 0 saturated carbocycles. The molecule has 13 heavy (non-hydrogen) atoms. The number of piperidine rings is 1. The van der Waals surface area contributed by atoms with E-state index in [2.05, 4.69) is 23.7 Å². The van der Waals surface area contributed by atoms with Gasteiger partial charge in [0.05, 0.1) is 0 Å². The van der Waals surface area contributed by atoms with Gasteiger partial charge in [0.15, 0.2) is 0 Å². The maximum Gasteiger partial charge on any atom is 0.101 e. The number of aliphatic imine (C=N–C) groups is 1. The number of hydrogen-bond donors (Lipinski definition) is 0. The topological polar surface area (TPSA) is 15.6 Å². The van der Waals surface area contributed by atoms with E-state index in [4.69, 9.17) is 0 Å². The molecule has 1 fully saturated rings. The van der Waals surface area contributed by atoms with Gasteiger partial charge in [-0.3, -0.25) is 4.99 Å². The molecule has 0 aromatic rings. The molecule has 0 bridgehead atoms. The van der Waals surface area contributed by atoms with E-state index >= 15 is 0 Å². The van der Waals surface area contributed by atoms with Crippen molar-refractivity contribution in [3.8, 4) is 0 Å². The number of rotatable bonds is 2. The molecule has 1 aliphatic rings. The average Bonchev–Trinajstić information content (AvgIpc) is 2.20. The van der Waals surface area contributed by atoms with Crippen LogP contribution in [0.5, 0.6) is 0 Å². The summed E-state index contributed by atoms with van der Waals surface area (Å²) in [4.78, 5) is 6.89. The van der Waals surface area contributed by atoms with E-state index in [0.29, 0.717) is 5.92 Å². The van der Waals surface area contributed by atoms with Crippen molar-refractivity contribution in [2.24, 2.45) is 10.9 Å². The first kappa shape index (κ1) is 10.6. The van der Waals surface area contributed by atoms with Gasteiger partial charge in [0, 0.05) is 26.1 Å². The van der Waals surface area contributed by atoms with E-state index in [0.717, 1.165) is 0 Å². The van der Waals surface area contributed by atoms with Gasteiger partial charge in [0.25, 0.3) is 0 Å². The van der Waals surface area contributed by atoms with Crippen molar-refractivity contribution in [3.05, 3.63) is 0 Å². The summed E-state index contributed by atoms with van der Waals surface area (Å²) in [6, 6.07) is 0. The van der Waals surface area contributed by atoms with Crippen molar-refractivity contribution in [3.63, 3.8) is 0 Å². The quantitative estimate of drug-likeness (QED) is 0.473. The summed E-state index contributed by atoms with van der Waals surface area (Å²) in [5.74, 6) is 1.95. The molecule has 1 aliphatic heterocycles. The minimum Gasteiger partial charge on any atom is -0.360 e. The Bertz CT molecular complexity index is 169. The van der Waals surface area contributed by atoms with Crippen LogP contribution in [0, 0.1) is 5.92 Å². The standard InChI is InChI=1S/C11H22N2/c1-4-10(2)11(12-3)13-8-6-5-7-9-13/h10H,4-9H2,1-3H3. The lowest BCUT2D eigenvalue weighted by Crippen LogP contribution is -2.38. The van der Waals surface area contributed by atoms with Gasteiger partial charge in [0.2, 0.25) is 0 Å². The molecule has 1 rings (SSSR count). The molecular formula is C11H22N2. The Morgan fingerprint density at radius 2 is 1.92 bits per heavy atom. The van der Waals surface area contributed by atoms with Gasteiger partial charge < -0.3 is 4.90 Å². The molecule has 0 aromatic carbocycles. The molecule has 0 amide bonds. The molecule has 1 heterocycles. The van der Waals surface area contributed by atoms with Crippen LogP contribution in [0.1, 0.15) is 39.5 Å². The molecule has 0 radical (unpaired) electrons. The van der Waals surface area contributed by atoms with Crippen LogP contribution in [-0.4, -0.2) is 30.9 Å². The molecule has 0 N–H and O–H groups in total. The van der Waals surface area contributed by atoms with E-state index < -0.39 is 0 Å². The van der Waals surface area contributed by atoms with Crippen molar-refractivity contribution in [1.29, 1.82) is 0 Å². The lowest BCUT2D eigenvalue weighted by Gasteiger charge is -2.32. The van der Waals surface area contributed by atoms with Crippen molar-refractivity contribution < 1.29 is 0 Å². The number of hydrogen-bond acceptors (Lipinski definition) is 1. The normalized spacial score (nSPS) is 21.8. The molecule has 1 atom stereocenters. The Morgan fingerprint density at radius 3 is 2.38 bits per heavy atom. The minimum absolute atomic E-state index is 0.628. The van der Waals surface area contributed by atoms with E-state index in [1.807, 2.05) is 7.05 Å². The summed E-state index contributed by atoms with van der Waals surface area (Å²) in [6.07, 6.45) is 5.28. The van der Waals surface area contributed by atoms with Gasteiger partial charge in [-0.05, 0) is 25.7 Å². The molecule has 0 spiro atoms. The third kappa shape index (κ3) is 2.71. The summed E-state index contributed by atoms with van der Waals surface area (Å²) < 4.78 is 0. The molecule has 1 unspecified atom stereocenters. The lowest BCUT2D eigenvalue weighted by atomic mass is 10.0. The van der Waals surface area contributed by atoms with Crippen LogP contribution in [0.3, 0.4) is 0 Å². The van der Waals surface area contributed by atoms with E-state index in [1.54, 1.807) is 0 Å². The largest absolute Gasteiger partial charge is 0.360 e. The first-order chi connectivity index (χ1) is 6.29. The molecule has 76 valence electrons. The Labute approximate surface area is 82.0 Å². The molecule has 2 nitrogen and oxygen atoms in total. The smallest absolute Gasteiger partial charge is 0.101 e. The minimum atomic E-state index is 0.628. The zero-order valence-corrected chi connectivity index (χ0v) is 9.21. The molecule has 2 heteroatoms. The summed E-state index contributed by atoms with van der Waals surface area (Å²) in [6.45, 7) is 6.95. The second kappa shape index (κ2) is 5.25. The predicted octanol–water partition coefficient (Wildman–Crippen LogP) is 2.55. The molecule has 1 saturated heterocycles. The Morgan fingerprint density at radius 1 is 1.31 bits per heavy atom. The van der Waals surface area contributed by atoms with Gasteiger partial charge >= 0.3 is 0 Å². The summed E-state index contributed by atoms with van der Waals surface area (Å²) in [5, 5.41) is 0. The van der Waals surface area contributed by atoms with Crippen LogP contribution in [0.25, 0.3) is 0 Å². The van der Waals surface area contributed by atoms with Crippen LogP contribution in [0.2, 0.25) is 0 Å². The van der Waals surface area contributed by atoms with Gasteiger partial charge in [-0.15, -0.1) is 0 Å². The van der Waals surface area contributed by atoms with Crippen molar-refractivity contribution in [1.82, 2.24) is 4.90 Å². The van der Waals surface area contributed by atoms with Gasteiger partial charge in [-0.1, -0.05) is 13.8 Å². The predicted molar refractivity (Wildman–Crippen MR) is 58.2 cm³/mol. The van der Waals surface area contributed by atoms with Crippen molar-refractivity contribution in [2.75, 3.05) is 20.1 Å². The van der Waals surface area contributed by atoms with Crippen LogP contribution in [0.15, 0.2) is 4.99 Å².